The van der Waals surface area contributed by atoms with Gasteiger partial charge in [-0.15, -0.1) is 0 Å². The molecule has 6 nitrogen and oxygen atoms in total. The van der Waals surface area contributed by atoms with Crippen LogP contribution in [-0.4, -0.2) is 25.6 Å². The highest BCUT2D eigenvalue weighted by atomic mass is 19.1. The molecule has 1 N–H and O–H groups in total. The minimum absolute atomic E-state index is 0.0765. The Bertz CT molecular complexity index is 830. The van der Waals surface area contributed by atoms with E-state index in [4.69, 9.17) is 14.7 Å². The van der Waals surface area contributed by atoms with Crippen LogP contribution in [-0.2, 0) is 20.7 Å². The summed E-state index contributed by atoms with van der Waals surface area (Å²) in [5.41, 5.74) is 1.04. The summed E-state index contributed by atoms with van der Waals surface area (Å²) < 4.78 is 23.2. The number of carbonyl (C=O) groups is 2. The molecule has 0 saturated carbocycles. The van der Waals surface area contributed by atoms with Gasteiger partial charge < -0.3 is 14.8 Å². The highest BCUT2D eigenvalue weighted by Crippen LogP contribution is 2.18. The molecular formula is C18H15FN2O4. The molecule has 0 aliphatic heterocycles. The van der Waals surface area contributed by atoms with Crippen LogP contribution in [0.3, 0.4) is 0 Å². The average Bonchev–Trinajstić information content (AvgIpc) is 2.60. The van der Waals surface area contributed by atoms with Gasteiger partial charge >= 0.3 is 5.97 Å². The number of nitriles is 1. The number of rotatable bonds is 6. The maximum atomic E-state index is 13.6. The Hall–Kier alpha value is -3.40. The molecule has 0 aliphatic rings. The summed E-state index contributed by atoms with van der Waals surface area (Å²) in [7, 11) is 1.34. The van der Waals surface area contributed by atoms with Crippen molar-refractivity contribution in [1.82, 2.24) is 0 Å². The van der Waals surface area contributed by atoms with E-state index in [9.17, 15) is 14.0 Å². The molecule has 25 heavy (non-hydrogen) atoms. The van der Waals surface area contributed by atoms with Crippen molar-refractivity contribution in [3.63, 3.8) is 0 Å². The zero-order valence-corrected chi connectivity index (χ0v) is 13.4. The number of carbonyl (C=O) groups excluding carboxylic acids is 2. The second-order valence-electron chi connectivity index (χ2n) is 5.01. The Balaban J connectivity index is 1.86. The van der Waals surface area contributed by atoms with Crippen molar-refractivity contribution >= 4 is 17.6 Å². The Labute approximate surface area is 143 Å². The van der Waals surface area contributed by atoms with E-state index in [0.717, 1.165) is 0 Å². The molecule has 0 spiro atoms. The van der Waals surface area contributed by atoms with Gasteiger partial charge in [-0.05, 0) is 29.8 Å². The van der Waals surface area contributed by atoms with Crippen molar-refractivity contribution in [2.45, 2.75) is 6.42 Å². The average molecular weight is 342 g/mol. The summed E-state index contributed by atoms with van der Waals surface area (Å²) in [6, 6.07) is 12.5. The van der Waals surface area contributed by atoms with E-state index in [-0.39, 0.29) is 12.2 Å². The largest absolute Gasteiger partial charge is 0.494 e. The van der Waals surface area contributed by atoms with Crippen LogP contribution in [0.5, 0.6) is 5.75 Å². The van der Waals surface area contributed by atoms with Crippen molar-refractivity contribution in [3.05, 3.63) is 59.4 Å². The third kappa shape index (κ3) is 5.04. The molecule has 0 bridgehead atoms. The number of amides is 1. The summed E-state index contributed by atoms with van der Waals surface area (Å²) in [5, 5.41) is 11.4. The maximum Gasteiger partial charge on any atom is 0.310 e. The van der Waals surface area contributed by atoms with E-state index in [1.165, 1.54) is 25.3 Å². The third-order valence-corrected chi connectivity index (χ3v) is 3.25. The first-order chi connectivity index (χ1) is 12.0. The number of hydrogen-bond acceptors (Lipinski definition) is 5. The number of nitrogens with zero attached hydrogens (tertiary/aromatic N) is 1. The van der Waals surface area contributed by atoms with Crippen LogP contribution in [0.25, 0.3) is 0 Å². The zero-order valence-electron chi connectivity index (χ0n) is 13.4. The summed E-state index contributed by atoms with van der Waals surface area (Å²) in [6.45, 7) is -0.503. The quantitative estimate of drug-likeness (QED) is 0.815. The van der Waals surface area contributed by atoms with Gasteiger partial charge in [0.25, 0.3) is 5.91 Å². The lowest BCUT2D eigenvalue weighted by Crippen LogP contribution is -2.22. The number of methoxy groups -OCH3 is 1. The van der Waals surface area contributed by atoms with Gasteiger partial charge in [0.15, 0.2) is 18.2 Å². The van der Waals surface area contributed by atoms with E-state index in [2.05, 4.69) is 5.32 Å². The molecule has 2 aromatic rings. The number of nitrogens with one attached hydrogen (secondary N) is 1. The fraction of sp³-hybridized carbons (Fsp3) is 0.167. The van der Waals surface area contributed by atoms with Crippen LogP contribution >= 0.6 is 0 Å². The fourth-order valence-electron chi connectivity index (χ4n) is 2.06. The van der Waals surface area contributed by atoms with Crippen LogP contribution < -0.4 is 10.1 Å². The lowest BCUT2D eigenvalue weighted by atomic mass is 10.1. The second-order valence-corrected chi connectivity index (χ2v) is 5.01. The number of para-hydroxylation sites is 1. The Morgan fingerprint density at radius 1 is 1.24 bits per heavy atom. The first-order valence-corrected chi connectivity index (χ1v) is 7.30. The number of ether oxygens (including phenoxy) is 2. The van der Waals surface area contributed by atoms with Gasteiger partial charge in [-0.2, -0.15) is 5.26 Å². The summed E-state index contributed by atoms with van der Waals surface area (Å²) in [6.07, 6.45) is -0.178. The van der Waals surface area contributed by atoms with Crippen molar-refractivity contribution < 1.29 is 23.5 Å². The minimum Gasteiger partial charge on any atom is -0.494 e. The van der Waals surface area contributed by atoms with Crippen molar-refractivity contribution in [2.24, 2.45) is 0 Å². The lowest BCUT2D eigenvalue weighted by molar-refractivity contribution is -0.146. The molecular weight excluding hydrogens is 327 g/mol. The first kappa shape index (κ1) is 17.9. The molecule has 0 heterocycles. The van der Waals surface area contributed by atoms with Crippen LogP contribution in [0.4, 0.5) is 10.1 Å². The fourth-order valence-corrected chi connectivity index (χ4v) is 2.06. The molecule has 0 saturated heterocycles. The minimum atomic E-state index is -0.673. The normalized spacial score (nSPS) is 9.80. The standard InChI is InChI=1S/C18H15FN2O4/c1-24-16-7-6-12(8-14(16)19)9-18(23)25-11-17(22)21-15-5-3-2-4-13(15)10-20/h2-8H,9,11H2,1H3,(H,21,22). The second kappa shape index (κ2) is 8.45. The molecule has 0 aliphatic carbocycles. The monoisotopic (exact) mass is 342 g/mol. The predicted octanol–water partition coefficient (Wildman–Crippen LogP) is 2.43. The third-order valence-electron chi connectivity index (χ3n) is 3.25. The predicted molar refractivity (Wildman–Crippen MR) is 87.4 cm³/mol. The first-order valence-electron chi connectivity index (χ1n) is 7.30. The summed E-state index contributed by atoms with van der Waals surface area (Å²) in [5.74, 6) is -1.75. The molecule has 0 unspecified atom stereocenters. The van der Waals surface area contributed by atoms with Crippen LogP contribution in [0.1, 0.15) is 11.1 Å². The molecule has 7 heteroatoms. The maximum absolute atomic E-state index is 13.6. The SMILES string of the molecule is COc1ccc(CC(=O)OCC(=O)Nc2ccccc2C#N)cc1F. The van der Waals surface area contributed by atoms with E-state index < -0.39 is 24.3 Å². The van der Waals surface area contributed by atoms with Crippen LogP contribution in [0, 0.1) is 17.1 Å². The lowest BCUT2D eigenvalue weighted by Gasteiger charge is -2.08. The van der Waals surface area contributed by atoms with E-state index >= 15 is 0 Å². The van der Waals surface area contributed by atoms with Crippen LogP contribution in [0.2, 0.25) is 0 Å². The van der Waals surface area contributed by atoms with Gasteiger partial charge in [0.1, 0.15) is 6.07 Å². The summed E-state index contributed by atoms with van der Waals surface area (Å²) >= 11 is 0. The molecule has 2 aromatic carbocycles. The Kier molecular flexibility index (Phi) is 6.07. The van der Waals surface area contributed by atoms with E-state index in [1.807, 2.05) is 6.07 Å². The van der Waals surface area contributed by atoms with Crippen molar-refractivity contribution in [2.75, 3.05) is 19.0 Å². The molecule has 0 radical (unpaired) electrons. The van der Waals surface area contributed by atoms with E-state index in [1.54, 1.807) is 24.3 Å². The topological polar surface area (TPSA) is 88.4 Å². The van der Waals surface area contributed by atoms with Crippen molar-refractivity contribution in [3.8, 4) is 11.8 Å². The van der Waals surface area contributed by atoms with Gasteiger partial charge in [0.2, 0.25) is 0 Å². The van der Waals surface area contributed by atoms with Crippen LogP contribution in [0.15, 0.2) is 42.5 Å². The van der Waals surface area contributed by atoms with E-state index in [0.29, 0.717) is 16.8 Å². The van der Waals surface area contributed by atoms with Gasteiger partial charge in [-0.1, -0.05) is 18.2 Å². The molecule has 1 amide bonds. The molecule has 128 valence electrons. The van der Waals surface area contributed by atoms with Gasteiger partial charge in [-0.25, -0.2) is 4.39 Å². The Morgan fingerprint density at radius 3 is 2.68 bits per heavy atom. The number of esters is 1. The molecule has 2 rings (SSSR count). The molecule has 0 atom stereocenters. The zero-order chi connectivity index (χ0) is 18.2. The summed E-state index contributed by atoms with van der Waals surface area (Å²) in [4.78, 5) is 23.6. The number of anilines is 1. The Morgan fingerprint density at radius 2 is 2.00 bits per heavy atom. The number of hydrogen-bond donors (Lipinski definition) is 1. The smallest absolute Gasteiger partial charge is 0.310 e. The highest BCUT2D eigenvalue weighted by Gasteiger charge is 2.12. The van der Waals surface area contributed by atoms with Gasteiger partial charge in [0.05, 0.1) is 24.8 Å². The highest BCUT2D eigenvalue weighted by molar-refractivity contribution is 5.94. The number of benzene rings is 2. The molecule has 0 fully saturated rings. The number of halogens is 1. The van der Waals surface area contributed by atoms with Crippen molar-refractivity contribution in [1.29, 1.82) is 5.26 Å². The van der Waals surface area contributed by atoms with Gasteiger partial charge in [-0.3, -0.25) is 9.59 Å². The van der Waals surface area contributed by atoms with Gasteiger partial charge in [0, 0.05) is 0 Å². The molecule has 0 aromatic heterocycles.